The highest BCUT2D eigenvalue weighted by atomic mass is 32.2. The highest BCUT2D eigenvalue weighted by molar-refractivity contribution is 7.89. The first kappa shape index (κ1) is 21.7. The van der Waals surface area contributed by atoms with Gasteiger partial charge in [-0.3, -0.25) is 0 Å². The lowest BCUT2D eigenvalue weighted by molar-refractivity contribution is 0.0692. The fraction of sp³-hybridized carbons (Fsp3) is 0.350. The van der Waals surface area contributed by atoms with Crippen LogP contribution < -0.4 is 15.2 Å². The molecule has 0 aliphatic rings. The number of nitrogens with one attached hydrogen (secondary N) is 1. The number of nitrogens with two attached hydrogens (primary N) is 1. The predicted octanol–water partition coefficient (Wildman–Crippen LogP) is 3.99. The molecule has 0 saturated heterocycles. The lowest BCUT2D eigenvalue weighted by Crippen LogP contribution is -2.20. The summed E-state index contributed by atoms with van der Waals surface area (Å²) in [5.41, 5.74) is 0.351. The van der Waals surface area contributed by atoms with Crippen LogP contribution >= 0.6 is 0 Å². The molecule has 2 rings (SSSR count). The Hall–Kier alpha value is -2.58. The minimum atomic E-state index is -4.28. The number of aromatic carboxylic acids is 1. The molecule has 2 aromatic rings. The Bertz CT molecular complexity index is 927. The van der Waals surface area contributed by atoms with E-state index in [9.17, 15) is 18.3 Å². The molecule has 152 valence electrons. The molecule has 0 heterocycles. The van der Waals surface area contributed by atoms with E-state index in [1.807, 2.05) is 19.9 Å². The van der Waals surface area contributed by atoms with E-state index in [4.69, 9.17) is 9.88 Å². The van der Waals surface area contributed by atoms with Crippen molar-refractivity contribution in [1.82, 2.24) is 0 Å². The van der Waals surface area contributed by atoms with Crippen molar-refractivity contribution >= 4 is 21.7 Å². The van der Waals surface area contributed by atoms with Crippen LogP contribution in [0.25, 0.3) is 0 Å². The highest BCUT2D eigenvalue weighted by Gasteiger charge is 2.29. The van der Waals surface area contributed by atoms with Crippen LogP contribution in [0.3, 0.4) is 0 Å². The fourth-order valence-corrected chi connectivity index (χ4v) is 3.91. The fourth-order valence-electron chi connectivity index (χ4n) is 2.92. The van der Waals surface area contributed by atoms with Crippen molar-refractivity contribution in [2.24, 2.45) is 5.14 Å². The zero-order valence-corrected chi connectivity index (χ0v) is 16.9. The summed E-state index contributed by atoms with van der Waals surface area (Å²) in [6.45, 7) is 4.51. The van der Waals surface area contributed by atoms with Gasteiger partial charge in [-0.2, -0.15) is 0 Å². The van der Waals surface area contributed by atoms with Gasteiger partial charge in [0.25, 0.3) is 0 Å². The predicted molar refractivity (Wildman–Crippen MR) is 109 cm³/mol. The number of primary sulfonamides is 1. The maximum absolute atomic E-state index is 12.3. The molecule has 0 aliphatic carbocycles. The summed E-state index contributed by atoms with van der Waals surface area (Å²) in [4.78, 5) is 11.4. The molecular weight excluding hydrogens is 380 g/mol. The van der Waals surface area contributed by atoms with Crippen molar-refractivity contribution in [1.29, 1.82) is 0 Å². The second-order valence-electron chi connectivity index (χ2n) is 6.40. The lowest BCUT2D eigenvalue weighted by Gasteiger charge is -2.21. The monoisotopic (exact) mass is 406 g/mol. The molecule has 0 saturated carbocycles. The first-order chi connectivity index (χ1) is 13.3. The molecule has 0 amide bonds. The van der Waals surface area contributed by atoms with Crippen molar-refractivity contribution in [3.63, 3.8) is 0 Å². The van der Waals surface area contributed by atoms with Gasteiger partial charge in [0.05, 0.1) is 11.3 Å². The zero-order chi connectivity index (χ0) is 20.7. The molecule has 8 heteroatoms. The summed E-state index contributed by atoms with van der Waals surface area (Å²) >= 11 is 0. The van der Waals surface area contributed by atoms with Gasteiger partial charge in [0.15, 0.2) is 5.75 Å². The topological polar surface area (TPSA) is 119 Å². The maximum atomic E-state index is 12.3. The number of rotatable bonds is 10. The van der Waals surface area contributed by atoms with Gasteiger partial charge in [-0.15, -0.1) is 0 Å². The normalized spacial score (nSPS) is 11.2. The van der Waals surface area contributed by atoms with Gasteiger partial charge in [0.2, 0.25) is 10.0 Å². The molecule has 0 fully saturated rings. The van der Waals surface area contributed by atoms with Crippen LogP contribution in [0.1, 0.15) is 49.0 Å². The SMILES string of the molecule is CCCCNc1cc(C(=O)O)c(S(N)(=O)=O)c(CCC)c1Oc1ccccc1. The number of sulfonamides is 1. The summed E-state index contributed by atoms with van der Waals surface area (Å²) in [6.07, 6.45) is 2.71. The van der Waals surface area contributed by atoms with Gasteiger partial charge < -0.3 is 15.2 Å². The smallest absolute Gasteiger partial charge is 0.337 e. The number of carboxylic acid groups (broad SMARTS) is 1. The van der Waals surface area contributed by atoms with Crippen LogP contribution in [0.5, 0.6) is 11.5 Å². The first-order valence-electron chi connectivity index (χ1n) is 9.22. The van der Waals surface area contributed by atoms with Crippen molar-refractivity contribution in [3.05, 3.63) is 47.5 Å². The third kappa shape index (κ3) is 5.24. The number of para-hydroxylation sites is 1. The Labute approximate surface area is 165 Å². The Kier molecular flexibility index (Phi) is 7.42. The molecule has 2 aromatic carbocycles. The molecule has 0 radical (unpaired) electrons. The van der Waals surface area contributed by atoms with Gasteiger partial charge in [0, 0.05) is 12.1 Å². The number of anilines is 1. The summed E-state index contributed by atoms with van der Waals surface area (Å²) in [6, 6.07) is 10.2. The molecule has 28 heavy (non-hydrogen) atoms. The number of hydrogen-bond donors (Lipinski definition) is 3. The number of unbranched alkanes of at least 4 members (excludes halogenated alkanes) is 1. The van der Waals surface area contributed by atoms with Gasteiger partial charge in [-0.05, 0) is 31.0 Å². The molecule has 0 unspecified atom stereocenters. The third-order valence-corrected chi connectivity index (χ3v) is 5.19. The van der Waals surface area contributed by atoms with Gasteiger partial charge >= 0.3 is 5.97 Å². The van der Waals surface area contributed by atoms with E-state index < -0.39 is 20.9 Å². The third-order valence-electron chi connectivity index (χ3n) is 4.15. The maximum Gasteiger partial charge on any atom is 0.337 e. The van der Waals surface area contributed by atoms with Crippen LogP contribution in [0.2, 0.25) is 0 Å². The molecule has 0 bridgehead atoms. The van der Waals surface area contributed by atoms with Crippen molar-refractivity contribution < 1.29 is 23.1 Å². The minimum Gasteiger partial charge on any atom is -0.478 e. The van der Waals surface area contributed by atoms with Crippen LogP contribution in [0, 0.1) is 0 Å². The number of hydrogen-bond acceptors (Lipinski definition) is 5. The van der Waals surface area contributed by atoms with Crippen molar-refractivity contribution in [2.75, 3.05) is 11.9 Å². The van der Waals surface area contributed by atoms with E-state index >= 15 is 0 Å². The van der Waals surface area contributed by atoms with E-state index in [1.54, 1.807) is 24.3 Å². The molecular formula is C20H26N2O5S. The molecule has 0 aromatic heterocycles. The average molecular weight is 407 g/mol. The van der Waals surface area contributed by atoms with E-state index in [0.717, 1.165) is 12.8 Å². The Balaban J connectivity index is 2.76. The summed E-state index contributed by atoms with van der Waals surface area (Å²) in [5, 5.41) is 18.2. The van der Waals surface area contributed by atoms with Crippen LogP contribution in [-0.4, -0.2) is 26.0 Å². The zero-order valence-electron chi connectivity index (χ0n) is 16.1. The van der Waals surface area contributed by atoms with Crippen LogP contribution in [0.4, 0.5) is 5.69 Å². The summed E-state index contributed by atoms with van der Waals surface area (Å²) in [7, 11) is -4.28. The summed E-state index contributed by atoms with van der Waals surface area (Å²) < 4.78 is 30.6. The van der Waals surface area contributed by atoms with E-state index in [0.29, 0.717) is 30.8 Å². The molecule has 0 aliphatic heterocycles. The van der Waals surface area contributed by atoms with Gasteiger partial charge in [-0.1, -0.05) is 44.9 Å². The second-order valence-corrected chi connectivity index (χ2v) is 7.90. The summed E-state index contributed by atoms with van der Waals surface area (Å²) in [5.74, 6) is -0.550. The Morgan fingerprint density at radius 2 is 1.86 bits per heavy atom. The van der Waals surface area contributed by atoms with Gasteiger partial charge in [0.1, 0.15) is 10.6 Å². The molecule has 4 N–H and O–H groups in total. The molecule has 7 nitrogen and oxygen atoms in total. The second kappa shape index (κ2) is 9.57. The van der Waals surface area contributed by atoms with Crippen molar-refractivity contribution in [3.8, 4) is 11.5 Å². The van der Waals surface area contributed by atoms with Gasteiger partial charge in [-0.25, -0.2) is 18.4 Å². The van der Waals surface area contributed by atoms with Crippen LogP contribution in [0.15, 0.2) is 41.3 Å². The largest absolute Gasteiger partial charge is 0.478 e. The number of benzene rings is 2. The number of carboxylic acids is 1. The average Bonchev–Trinajstić information content (AvgIpc) is 2.63. The standard InChI is InChI=1S/C20H26N2O5S/c1-3-5-12-22-17-13-16(20(23)24)19(28(21,25)26)15(9-4-2)18(17)27-14-10-7-6-8-11-14/h6-8,10-11,13,22H,3-5,9,12H2,1-2H3,(H,23,24)(H2,21,25,26). The Morgan fingerprint density at radius 3 is 2.39 bits per heavy atom. The van der Waals surface area contributed by atoms with Crippen LogP contribution in [-0.2, 0) is 16.4 Å². The molecule has 0 atom stereocenters. The Morgan fingerprint density at radius 1 is 1.18 bits per heavy atom. The van der Waals surface area contributed by atoms with E-state index in [1.165, 1.54) is 6.07 Å². The molecule has 0 spiro atoms. The number of carbonyl (C=O) groups is 1. The van der Waals surface area contributed by atoms with E-state index in [2.05, 4.69) is 5.32 Å². The number of ether oxygens (including phenoxy) is 1. The lowest BCUT2D eigenvalue weighted by atomic mass is 10.0. The van der Waals surface area contributed by atoms with Crippen molar-refractivity contribution in [2.45, 2.75) is 44.4 Å². The first-order valence-corrected chi connectivity index (χ1v) is 10.8. The quantitative estimate of drug-likeness (QED) is 0.513. The van der Waals surface area contributed by atoms with E-state index in [-0.39, 0.29) is 16.9 Å². The minimum absolute atomic E-state index is 0.271. The highest BCUT2D eigenvalue weighted by Crippen LogP contribution is 2.40.